The molecule has 1 aliphatic carbocycles. The molecule has 0 amide bonds. The zero-order valence-corrected chi connectivity index (χ0v) is 11.9. The molecule has 3 rings (SSSR count). The SMILES string of the molecule is NC(Cc1c(F)cccc1F)C1CCCc2sccc21. The molecule has 2 atom stereocenters. The van der Waals surface area contributed by atoms with Gasteiger partial charge in [0.2, 0.25) is 0 Å². The van der Waals surface area contributed by atoms with Gasteiger partial charge in [-0.2, -0.15) is 0 Å². The molecular formula is C16H17F2NS. The summed E-state index contributed by atoms with van der Waals surface area (Å²) in [6.45, 7) is 0. The second kappa shape index (κ2) is 5.62. The van der Waals surface area contributed by atoms with Gasteiger partial charge in [0.15, 0.2) is 0 Å². The van der Waals surface area contributed by atoms with Crippen molar-refractivity contribution in [3.8, 4) is 0 Å². The van der Waals surface area contributed by atoms with Gasteiger partial charge in [0.05, 0.1) is 0 Å². The Morgan fingerprint density at radius 2 is 2.00 bits per heavy atom. The Morgan fingerprint density at radius 1 is 1.25 bits per heavy atom. The molecule has 4 heteroatoms. The van der Waals surface area contributed by atoms with E-state index in [1.807, 2.05) is 0 Å². The molecule has 0 spiro atoms. The molecule has 1 aliphatic rings. The molecule has 0 bridgehead atoms. The van der Waals surface area contributed by atoms with E-state index in [2.05, 4.69) is 11.4 Å². The van der Waals surface area contributed by atoms with Gasteiger partial charge in [-0.1, -0.05) is 6.07 Å². The highest BCUT2D eigenvalue weighted by atomic mass is 32.1. The van der Waals surface area contributed by atoms with E-state index < -0.39 is 11.6 Å². The number of halogens is 2. The fourth-order valence-corrected chi connectivity index (χ4v) is 4.07. The van der Waals surface area contributed by atoms with Crippen molar-refractivity contribution in [3.05, 3.63) is 57.3 Å². The van der Waals surface area contributed by atoms with Crippen LogP contribution < -0.4 is 5.73 Å². The summed E-state index contributed by atoms with van der Waals surface area (Å²) in [7, 11) is 0. The van der Waals surface area contributed by atoms with E-state index in [9.17, 15) is 8.78 Å². The quantitative estimate of drug-likeness (QED) is 0.909. The van der Waals surface area contributed by atoms with Crippen LogP contribution in [0.5, 0.6) is 0 Å². The Kier molecular flexibility index (Phi) is 3.85. The first kappa shape index (κ1) is 13.7. The first-order chi connectivity index (χ1) is 9.66. The lowest BCUT2D eigenvalue weighted by Gasteiger charge is -2.28. The topological polar surface area (TPSA) is 26.0 Å². The summed E-state index contributed by atoms with van der Waals surface area (Å²) in [6, 6.07) is 5.85. The van der Waals surface area contributed by atoms with Gasteiger partial charge >= 0.3 is 0 Å². The Balaban J connectivity index is 1.83. The normalized spacial score (nSPS) is 19.6. The summed E-state index contributed by atoms with van der Waals surface area (Å²) >= 11 is 1.76. The van der Waals surface area contributed by atoms with Crippen LogP contribution in [0.3, 0.4) is 0 Å². The minimum Gasteiger partial charge on any atom is -0.327 e. The van der Waals surface area contributed by atoms with Crippen molar-refractivity contribution in [1.82, 2.24) is 0 Å². The van der Waals surface area contributed by atoms with Crippen molar-refractivity contribution in [1.29, 1.82) is 0 Å². The van der Waals surface area contributed by atoms with Gasteiger partial charge in [-0.3, -0.25) is 0 Å². The standard InChI is InChI=1S/C16H17F2NS/c17-13-4-2-5-14(18)12(13)9-15(19)10-3-1-6-16-11(10)7-8-20-16/h2,4-5,7-8,10,15H,1,3,6,9,19H2. The molecule has 1 heterocycles. The van der Waals surface area contributed by atoms with Gasteiger partial charge in [-0.15, -0.1) is 11.3 Å². The number of rotatable bonds is 3. The zero-order chi connectivity index (χ0) is 14.1. The van der Waals surface area contributed by atoms with Crippen LogP contribution in [-0.2, 0) is 12.8 Å². The second-order valence-electron chi connectivity index (χ2n) is 5.37. The van der Waals surface area contributed by atoms with Crippen molar-refractivity contribution in [2.75, 3.05) is 0 Å². The van der Waals surface area contributed by atoms with Crippen LogP contribution >= 0.6 is 11.3 Å². The van der Waals surface area contributed by atoms with Crippen LogP contribution in [0.2, 0.25) is 0 Å². The Labute approximate surface area is 121 Å². The molecule has 2 unspecified atom stereocenters. The van der Waals surface area contributed by atoms with Crippen LogP contribution in [0.25, 0.3) is 0 Å². The van der Waals surface area contributed by atoms with Crippen molar-refractivity contribution < 1.29 is 8.78 Å². The van der Waals surface area contributed by atoms with Crippen LogP contribution in [0.4, 0.5) is 8.78 Å². The van der Waals surface area contributed by atoms with Crippen LogP contribution in [0.1, 0.15) is 34.8 Å². The third kappa shape index (κ3) is 2.50. The van der Waals surface area contributed by atoms with E-state index in [1.165, 1.54) is 28.6 Å². The fraction of sp³-hybridized carbons (Fsp3) is 0.375. The third-order valence-corrected chi connectivity index (χ3v) is 5.11. The highest BCUT2D eigenvalue weighted by Gasteiger charge is 2.27. The average molecular weight is 293 g/mol. The van der Waals surface area contributed by atoms with E-state index in [-0.39, 0.29) is 23.9 Å². The number of benzene rings is 1. The first-order valence-corrected chi connectivity index (χ1v) is 7.79. The monoisotopic (exact) mass is 293 g/mol. The van der Waals surface area contributed by atoms with E-state index in [4.69, 9.17) is 5.73 Å². The highest BCUT2D eigenvalue weighted by Crippen LogP contribution is 2.37. The predicted molar refractivity (Wildman–Crippen MR) is 78.0 cm³/mol. The molecule has 2 N–H and O–H groups in total. The van der Waals surface area contributed by atoms with Crippen molar-refractivity contribution in [2.45, 2.75) is 37.6 Å². The summed E-state index contributed by atoms with van der Waals surface area (Å²) in [5.74, 6) is -0.785. The molecule has 106 valence electrons. The maximum atomic E-state index is 13.7. The van der Waals surface area contributed by atoms with Gasteiger partial charge in [-0.25, -0.2) is 8.78 Å². The van der Waals surface area contributed by atoms with Gasteiger partial charge in [0.1, 0.15) is 11.6 Å². The predicted octanol–water partition coefficient (Wildman–Crippen LogP) is 4.02. The molecule has 0 radical (unpaired) electrons. The lowest BCUT2D eigenvalue weighted by atomic mass is 9.80. The van der Waals surface area contributed by atoms with E-state index >= 15 is 0 Å². The molecule has 1 nitrogen and oxygen atoms in total. The number of fused-ring (bicyclic) bond motifs is 1. The zero-order valence-electron chi connectivity index (χ0n) is 11.1. The number of hydrogen-bond donors (Lipinski definition) is 1. The largest absolute Gasteiger partial charge is 0.327 e. The molecule has 2 aromatic rings. The van der Waals surface area contributed by atoms with Crippen molar-refractivity contribution >= 4 is 11.3 Å². The van der Waals surface area contributed by atoms with Crippen LogP contribution in [-0.4, -0.2) is 6.04 Å². The lowest BCUT2D eigenvalue weighted by Crippen LogP contribution is -2.33. The smallest absolute Gasteiger partial charge is 0.129 e. The molecule has 1 aromatic heterocycles. The van der Waals surface area contributed by atoms with E-state index in [0.29, 0.717) is 0 Å². The maximum absolute atomic E-state index is 13.7. The third-order valence-electron chi connectivity index (χ3n) is 4.12. The van der Waals surface area contributed by atoms with Gasteiger partial charge in [-0.05, 0) is 54.8 Å². The Hall–Kier alpha value is -1.26. The summed E-state index contributed by atoms with van der Waals surface area (Å²) in [4.78, 5) is 1.38. The lowest BCUT2D eigenvalue weighted by molar-refractivity contribution is 0.447. The number of nitrogens with two attached hydrogens (primary N) is 1. The Morgan fingerprint density at radius 3 is 2.75 bits per heavy atom. The van der Waals surface area contributed by atoms with Gasteiger partial charge < -0.3 is 5.73 Å². The van der Waals surface area contributed by atoms with E-state index in [1.54, 1.807) is 11.3 Å². The molecular weight excluding hydrogens is 276 g/mol. The minimum absolute atomic E-state index is 0.113. The first-order valence-electron chi connectivity index (χ1n) is 6.91. The van der Waals surface area contributed by atoms with E-state index in [0.717, 1.165) is 19.3 Å². The second-order valence-corrected chi connectivity index (χ2v) is 6.37. The average Bonchev–Trinajstić information content (AvgIpc) is 2.91. The molecule has 0 saturated carbocycles. The fourth-order valence-electron chi connectivity index (χ4n) is 3.07. The number of aryl methyl sites for hydroxylation is 1. The molecule has 20 heavy (non-hydrogen) atoms. The van der Waals surface area contributed by atoms with Crippen LogP contribution in [0, 0.1) is 11.6 Å². The van der Waals surface area contributed by atoms with Crippen LogP contribution in [0.15, 0.2) is 29.6 Å². The summed E-state index contributed by atoms with van der Waals surface area (Å²) in [6.07, 6.45) is 3.45. The van der Waals surface area contributed by atoms with Gasteiger partial charge in [0, 0.05) is 22.4 Å². The molecule has 1 aromatic carbocycles. The maximum Gasteiger partial charge on any atom is 0.129 e. The minimum atomic E-state index is -0.498. The van der Waals surface area contributed by atoms with Crippen molar-refractivity contribution in [2.24, 2.45) is 5.73 Å². The number of thiophene rings is 1. The molecule has 0 saturated heterocycles. The Bertz CT molecular complexity index is 588. The molecule has 0 aliphatic heterocycles. The summed E-state index contributed by atoms with van der Waals surface area (Å²) < 4.78 is 27.4. The number of hydrogen-bond acceptors (Lipinski definition) is 2. The summed E-state index contributed by atoms with van der Waals surface area (Å²) in [5.41, 5.74) is 7.66. The van der Waals surface area contributed by atoms with Gasteiger partial charge in [0.25, 0.3) is 0 Å². The molecule has 0 fully saturated rings. The summed E-state index contributed by atoms with van der Waals surface area (Å²) in [5, 5.41) is 2.08. The highest BCUT2D eigenvalue weighted by molar-refractivity contribution is 7.10. The van der Waals surface area contributed by atoms with Crippen molar-refractivity contribution in [3.63, 3.8) is 0 Å².